The second-order valence-corrected chi connectivity index (χ2v) is 6.08. The lowest BCUT2D eigenvalue weighted by atomic mass is 10.0. The van der Waals surface area contributed by atoms with Crippen molar-refractivity contribution in [3.05, 3.63) is 35.4 Å². The number of ether oxygens (including phenoxy) is 1. The number of phenols is 1. The highest BCUT2D eigenvalue weighted by Crippen LogP contribution is 2.38. The fraction of sp³-hybridized carbons (Fsp3) is 0.412. The van der Waals surface area contributed by atoms with Gasteiger partial charge in [-0.1, -0.05) is 0 Å². The number of aromatic hydroxyl groups is 1. The Hall–Kier alpha value is -2.39. The van der Waals surface area contributed by atoms with Crippen LogP contribution in [0.5, 0.6) is 5.75 Å². The van der Waals surface area contributed by atoms with Crippen LogP contribution in [0.15, 0.2) is 24.3 Å². The van der Waals surface area contributed by atoms with Crippen molar-refractivity contribution in [2.45, 2.75) is 19.2 Å². The number of morpholine rings is 1. The highest BCUT2D eigenvalue weighted by Gasteiger charge is 2.32. The van der Waals surface area contributed by atoms with Gasteiger partial charge >= 0.3 is 6.18 Å². The van der Waals surface area contributed by atoms with Gasteiger partial charge in [0.25, 0.3) is 0 Å². The van der Waals surface area contributed by atoms with Gasteiger partial charge in [0.1, 0.15) is 5.75 Å². The number of alkyl halides is 3. The first-order valence-electron chi connectivity index (χ1n) is 8.02. The maximum absolute atomic E-state index is 12.8. The first-order valence-corrected chi connectivity index (χ1v) is 8.02. The molecule has 2 N–H and O–H groups in total. The van der Waals surface area contributed by atoms with Crippen molar-refractivity contribution >= 4 is 5.82 Å². The van der Waals surface area contributed by atoms with Crippen molar-refractivity contribution in [3.63, 3.8) is 0 Å². The third kappa shape index (κ3) is 3.73. The van der Waals surface area contributed by atoms with Crippen LogP contribution in [0.4, 0.5) is 19.0 Å². The molecule has 6 nitrogen and oxygen atoms in total. The molecule has 1 atom stereocenters. The molecule has 1 aliphatic rings. The van der Waals surface area contributed by atoms with E-state index in [2.05, 4.69) is 10.2 Å². The Balaban J connectivity index is 1.87. The van der Waals surface area contributed by atoms with E-state index in [9.17, 15) is 23.4 Å². The number of aliphatic hydroxyl groups excluding tert-OH is 1. The third-order valence-corrected chi connectivity index (χ3v) is 4.22. The SMILES string of the molecule is Cc1cc(C(F)(F)F)cc(O)c1-c1ccc(N2CCO[C@@H](CO)C2)nn1. The molecule has 26 heavy (non-hydrogen) atoms. The summed E-state index contributed by atoms with van der Waals surface area (Å²) < 4.78 is 43.9. The molecule has 1 fully saturated rings. The smallest absolute Gasteiger partial charge is 0.416 e. The molecule has 9 heteroatoms. The van der Waals surface area contributed by atoms with Crippen molar-refractivity contribution in [1.29, 1.82) is 0 Å². The number of halogens is 3. The highest BCUT2D eigenvalue weighted by molar-refractivity contribution is 5.71. The standard InChI is InChI=1S/C17H18F3N3O3/c1-10-6-11(17(18,19)20)7-14(25)16(10)13-2-3-15(22-21-13)23-4-5-26-12(8-23)9-24/h2-3,6-7,12,24-25H,4-5,8-9H2,1H3/t12-/m1/s1. The predicted octanol–water partition coefficient (Wildman–Crippen LogP) is 2.37. The Morgan fingerprint density at radius 3 is 2.62 bits per heavy atom. The van der Waals surface area contributed by atoms with Crippen LogP contribution < -0.4 is 4.90 Å². The summed E-state index contributed by atoms with van der Waals surface area (Å²) in [5.74, 6) is 0.0747. The van der Waals surface area contributed by atoms with Crippen LogP contribution >= 0.6 is 0 Å². The van der Waals surface area contributed by atoms with Gasteiger partial charge in [-0.25, -0.2) is 0 Å². The second-order valence-electron chi connectivity index (χ2n) is 6.08. The number of nitrogens with zero attached hydrogens (tertiary/aromatic N) is 3. The van der Waals surface area contributed by atoms with Crippen molar-refractivity contribution in [1.82, 2.24) is 10.2 Å². The normalized spacial score (nSPS) is 18.2. The minimum absolute atomic E-state index is 0.0966. The summed E-state index contributed by atoms with van der Waals surface area (Å²) in [5.41, 5.74) is -0.160. The van der Waals surface area contributed by atoms with Crippen LogP contribution in [0, 0.1) is 6.92 Å². The van der Waals surface area contributed by atoms with Crippen molar-refractivity contribution < 1.29 is 28.1 Å². The van der Waals surface area contributed by atoms with Gasteiger partial charge in [-0.05, 0) is 36.8 Å². The number of aliphatic hydroxyl groups is 1. The highest BCUT2D eigenvalue weighted by atomic mass is 19.4. The lowest BCUT2D eigenvalue weighted by Crippen LogP contribution is -2.44. The molecule has 0 bridgehead atoms. The van der Waals surface area contributed by atoms with E-state index in [4.69, 9.17) is 4.74 Å². The molecule has 1 saturated heterocycles. The second kappa shape index (κ2) is 7.08. The molecular formula is C17H18F3N3O3. The minimum Gasteiger partial charge on any atom is -0.507 e. The maximum atomic E-state index is 12.8. The molecule has 1 aromatic heterocycles. The Labute approximate surface area is 147 Å². The van der Waals surface area contributed by atoms with Gasteiger partial charge in [0.2, 0.25) is 0 Å². The Morgan fingerprint density at radius 2 is 2.04 bits per heavy atom. The van der Waals surface area contributed by atoms with Gasteiger partial charge in [0, 0.05) is 18.7 Å². The van der Waals surface area contributed by atoms with Crippen LogP contribution in [-0.2, 0) is 10.9 Å². The Morgan fingerprint density at radius 1 is 1.27 bits per heavy atom. The molecule has 140 valence electrons. The average Bonchev–Trinajstić information content (AvgIpc) is 2.61. The van der Waals surface area contributed by atoms with Gasteiger partial charge < -0.3 is 19.8 Å². The topological polar surface area (TPSA) is 78.7 Å². The van der Waals surface area contributed by atoms with E-state index in [0.717, 1.165) is 6.07 Å². The zero-order valence-corrected chi connectivity index (χ0v) is 14.0. The molecule has 2 aromatic rings. The third-order valence-electron chi connectivity index (χ3n) is 4.22. The molecule has 0 aliphatic carbocycles. The van der Waals surface area contributed by atoms with E-state index in [1.165, 1.54) is 6.92 Å². The predicted molar refractivity (Wildman–Crippen MR) is 87.9 cm³/mol. The van der Waals surface area contributed by atoms with Crippen molar-refractivity contribution in [3.8, 4) is 17.0 Å². The van der Waals surface area contributed by atoms with E-state index in [1.54, 1.807) is 12.1 Å². The van der Waals surface area contributed by atoms with Crippen LogP contribution in [0.2, 0.25) is 0 Å². The van der Waals surface area contributed by atoms with E-state index < -0.39 is 17.5 Å². The van der Waals surface area contributed by atoms with E-state index in [-0.39, 0.29) is 29.5 Å². The molecule has 0 unspecified atom stereocenters. The number of anilines is 1. The number of phenolic OH excluding ortho intramolecular Hbond substituents is 1. The molecule has 1 aliphatic heterocycles. The number of hydrogen-bond acceptors (Lipinski definition) is 6. The fourth-order valence-electron chi connectivity index (χ4n) is 2.93. The zero-order chi connectivity index (χ0) is 18.9. The van der Waals surface area contributed by atoms with Crippen molar-refractivity contribution in [2.75, 3.05) is 31.2 Å². The van der Waals surface area contributed by atoms with Crippen LogP contribution in [0.25, 0.3) is 11.3 Å². The van der Waals surface area contributed by atoms with Crippen LogP contribution in [0.3, 0.4) is 0 Å². The number of hydrogen-bond donors (Lipinski definition) is 2. The molecule has 2 heterocycles. The van der Waals surface area contributed by atoms with Gasteiger partial charge in [0.05, 0.1) is 30.6 Å². The largest absolute Gasteiger partial charge is 0.507 e. The summed E-state index contributed by atoms with van der Waals surface area (Å²) in [6.07, 6.45) is -4.83. The van der Waals surface area contributed by atoms with E-state index >= 15 is 0 Å². The number of benzene rings is 1. The quantitative estimate of drug-likeness (QED) is 0.865. The fourth-order valence-corrected chi connectivity index (χ4v) is 2.93. The summed E-state index contributed by atoms with van der Waals surface area (Å²) in [6, 6.07) is 4.93. The Bertz CT molecular complexity index is 758. The summed E-state index contributed by atoms with van der Waals surface area (Å²) >= 11 is 0. The first-order chi connectivity index (χ1) is 12.3. The summed E-state index contributed by atoms with van der Waals surface area (Å²) in [7, 11) is 0. The summed E-state index contributed by atoms with van der Waals surface area (Å²) in [6.45, 7) is 2.89. The number of aryl methyl sites for hydroxylation is 1. The molecule has 0 radical (unpaired) electrons. The molecule has 3 rings (SSSR count). The zero-order valence-electron chi connectivity index (χ0n) is 14.0. The van der Waals surface area contributed by atoms with E-state index in [1.807, 2.05) is 4.90 Å². The lowest BCUT2D eigenvalue weighted by molar-refractivity contribution is -0.137. The van der Waals surface area contributed by atoms with Gasteiger partial charge in [-0.2, -0.15) is 13.2 Å². The maximum Gasteiger partial charge on any atom is 0.416 e. The molecule has 0 amide bonds. The molecule has 1 aromatic carbocycles. The van der Waals surface area contributed by atoms with Gasteiger partial charge in [-0.3, -0.25) is 0 Å². The number of rotatable bonds is 3. The summed E-state index contributed by atoms with van der Waals surface area (Å²) in [4.78, 5) is 1.90. The Kier molecular flexibility index (Phi) is 5.01. The van der Waals surface area contributed by atoms with Crippen molar-refractivity contribution in [2.24, 2.45) is 0 Å². The molecular weight excluding hydrogens is 351 g/mol. The number of aromatic nitrogens is 2. The molecule has 0 spiro atoms. The molecule has 0 saturated carbocycles. The van der Waals surface area contributed by atoms with Gasteiger partial charge in [0.15, 0.2) is 5.82 Å². The monoisotopic (exact) mass is 369 g/mol. The summed E-state index contributed by atoms with van der Waals surface area (Å²) in [5, 5.41) is 27.4. The van der Waals surface area contributed by atoms with E-state index in [0.29, 0.717) is 31.6 Å². The lowest BCUT2D eigenvalue weighted by Gasteiger charge is -2.32. The van der Waals surface area contributed by atoms with Crippen LogP contribution in [0.1, 0.15) is 11.1 Å². The van der Waals surface area contributed by atoms with Crippen LogP contribution in [-0.4, -0.2) is 52.8 Å². The van der Waals surface area contributed by atoms with Gasteiger partial charge in [-0.15, -0.1) is 10.2 Å². The average molecular weight is 369 g/mol. The minimum atomic E-state index is -4.53. The first kappa shape index (κ1) is 18.4.